The molecule has 0 bridgehead atoms. The van der Waals surface area contributed by atoms with Crippen LogP contribution in [0.4, 0.5) is 0 Å². The SMILES string of the molecule is CC(C)[C@@H](O)[C@@H]1CC=CCC1. The molecule has 1 rings (SSSR count). The topological polar surface area (TPSA) is 20.2 Å². The molecule has 1 aliphatic carbocycles. The highest BCUT2D eigenvalue weighted by Crippen LogP contribution is 2.25. The average molecular weight is 154 g/mol. The van der Waals surface area contributed by atoms with E-state index in [1.54, 1.807) is 0 Å². The third kappa shape index (κ3) is 2.33. The number of aliphatic hydroxyl groups is 1. The summed E-state index contributed by atoms with van der Waals surface area (Å²) in [6.45, 7) is 4.17. The molecule has 64 valence electrons. The Bertz CT molecular complexity index is 138. The van der Waals surface area contributed by atoms with Crippen molar-refractivity contribution in [2.75, 3.05) is 0 Å². The number of hydrogen-bond donors (Lipinski definition) is 1. The minimum Gasteiger partial charge on any atom is -0.393 e. The van der Waals surface area contributed by atoms with Gasteiger partial charge >= 0.3 is 0 Å². The summed E-state index contributed by atoms with van der Waals surface area (Å²) in [6, 6.07) is 0. The van der Waals surface area contributed by atoms with Crippen molar-refractivity contribution in [1.29, 1.82) is 0 Å². The van der Waals surface area contributed by atoms with Crippen LogP contribution in [0.25, 0.3) is 0 Å². The molecule has 1 nitrogen and oxygen atoms in total. The van der Waals surface area contributed by atoms with Crippen molar-refractivity contribution in [3.63, 3.8) is 0 Å². The van der Waals surface area contributed by atoms with Crippen LogP contribution in [0.1, 0.15) is 33.1 Å². The Labute approximate surface area is 69.1 Å². The Balaban J connectivity index is 2.40. The number of allylic oxidation sites excluding steroid dienone is 2. The van der Waals surface area contributed by atoms with Crippen LogP contribution in [-0.4, -0.2) is 11.2 Å². The Kier molecular flexibility index (Phi) is 3.13. The standard InChI is InChI=1S/C10H18O/c1-8(2)10(11)9-6-4-3-5-7-9/h3-4,8-11H,5-7H2,1-2H3/t9-,10-/m1/s1. The van der Waals surface area contributed by atoms with Crippen molar-refractivity contribution in [3.05, 3.63) is 12.2 Å². The molecule has 1 heteroatoms. The molecule has 0 aromatic carbocycles. The molecule has 0 spiro atoms. The van der Waals surface area contributed by atoms with Crippen LogP contribution in [0.2, 0.25) is 0 Å². The molecule has 0 amide bonds. The molecule has 0 heterocycles. The lowest BCUT2D eigenvalue weighted by Gasteiger charge is -2.26. The molecule has 0 aliphatic heterocycles. The summed E-state index contributed by atoms with van der Waals surface area (Å²) in [5.41, 5.74) is 0. The Morgan fingerprint density at radius 3 is 2.55 bits per heavy atom. The van der Waals surface area contributed by atoms with Gasteiger partial charge in [-0.1, -0.05) is 26.0 Å². The summed E-state index contributed by atoms with van der Waals surface area (Å²) >= 11 is 0. The maximum atomic E-state index is 9.72. The molecule has 0 aromatic heterocycles. The molecule has 2 atom stereocenters. The predicted molar refractivity (Wildman–Crippen MR) is 47.3 cm³/mol. The number of aliphatic hydroxyl groups excluding tert-OH is 1. The summed E-state index contributed by atoms with van der Waals surface area (Å²) in [4.78, 5) is 0. The van der Waals surface area contributed by atoms with Gasteiger partial charge in [0.15, 0.2) is 0 Å². The largest absolute Gasteiger partial charge is 0.393 e. The smallest absolute Gasteiger partial charge is 0.0594 e. The highest BCUT2D eigenvalue weighted by atomic mass is 16.3. The van der Waals surface area contributed by atoms with Gasteiger partial charge in [-0.25, -0.2) is 0 Å². The van der Waals surface area contributed by atoms with E-state index in [0.29, 0.717) is 11.8 Å². The first-order valence-electron chi connectivity index (χ1n) is 4.55. The fraction of sp³-hybridized carbons (Fsp3) is 0.800. The summed E-state index contributed by atoms with van der Waals surface area (Å²) in [6.07, 6.45) is 7.69. The maximum absolute atomic E-state index is 9.72. The van der Waals surface area contributed by atoms with Crippen LogP contribution < -0.4 is 0 Å². The first-order chi connectivity index (χ1) is 5.22. The van der Waals surface area contributed by atoms with E-state index >= 15 is 0 Å². The fourth-order valence-electron chi connectivity index (χ4n) is 1.67. The predicted octanol–water partition coefficient (Wildman–Crippen LogP) is 2.36. The Morgan fingerprint density at radius 2 is 2.09 bits per heavy atom. The van der Waals surface area contributed by atoms with Crippen molar-refractivity contribution in [1.82, 2.24) is 0 Å². The fourth-order valence-corrected chi connectivity index (χ4v) is 1.67. The lowest BCUT2D eigenvalue weighted by atomic mass is 9.84. The summed E-state index contributed by atoms with van der Waals surface area (Å²) in [7, 11) is 0. The molecular formula is C10H18O. The van der Waals surface area contributed by atoms with E-state index in [4.69, 9.17) is 0 Å². The van der Waals surface area contributed by atoms with Crippen molar-refractivity contribution in [2.45, 2.75) is 39.2 Å². The molecule has 0 saturated heterocycles. The summed E-state index contributed by atoms with van der Waals surface area (Å²) in [5, 5.41) is 9.72. The van der Waals surface area contributed by atoms with Gasteiger partial charge in [0, 0.05) is 0 Å². The monoisotopic (exact) mass is 154 g/mol. The van der Waals surface area contributed by atoms with Crippen LogP contribution >= 0.6 is 0 Å². The molecular weight excluding hydrogens is 136 g/mol. The van der Waals surface area contributed by atoms with Gasteiger partial charge in [0.1, 0.15) is 0 Å². The number of rotatable bonds is 2. The summed E-state index contributed by atoms with van der Waals surface area (Å²) < 4.78 is 0. The quantitative estimate of drug-likeness (QED) is 0.605. The zero-order chi connectivity index (χ0) is 8.27. The normalized spacial score (nSPS) is 27.5. The van der Waals surface area contributed by atoms with Crippen LogP contribution in [0.3, 0.4) is 0 Å². The molecule has 1 N–H and O–H groups in total. The lowest BCUT2D eigenvalue weighted by molar-refractivity contribution is 0.0601. The molecule has 1 aliphatic rings. The third-order valence-electron chi connectivity index (χ3n) is 2.48. The van der Waals surface area contributed by atoms with Crippen LogP contribution in [0, 0.1) is 11.8 Å². The minimum absolute atomic E-state index is 0.0973. The zero-order valence-electron chi connectivity index (χ0n) is 7.46. The van der Waals surface area contributed by atoms with Gasteiger partial charge in [0.2, 0.25) is 0 Å². The van der Waals surface area contributed by atoms with Gasteiger partial charge in [-0.2, -0.15) is 0 Å². The third-order valence-corrected chi connectivity index (χ3v) is 2.48. The van der Waals surface area contributed by atoms with E-state index < -0.39 is 0 Å². The van der Waals surface area contributed by atoms with E-state index in [-0.39, 0.29) is 6.10 Å². The lowest BCUT2D eigenvalue weighted by Crippen LogP contribution is -2.26. The van der Waals surface area contributed by atoms with Gasteiger partial charge in [-0.3, -0.25) is 0 Å². The minimum atomic E-state index is -0.0973. The first kappa shape index (κ1) is 8.79. The first-order valence-corrected chi connectivity index (χ1v) is 4.55. The van der Waals surface area contributed by atoms with Gasteiger partial charge in [0.25, 0.3) is 0 Å². The molecule has 0 aromatic rings. The van der Waals surface area contributed by atoms with Gasteiger partial charge < -0.3 is 5.11 Å². The van der Waals surface area contributed by atoms with Gasteiger partial charge in [0.05, 0.1) is 6.10 Å². The zero-order valence-corrected chi connectivity index (χ0v) is 7.46. The molecule has 0 fully saturated rings. The Hall–Kier alpha value is -0.300. The van der Waals surface area contributed by atoms with E-state index in [1.807, 2.05) is 0 Å². The number of hydrogen-bond acceptors (Lipinski definition) is 1. The molecule has 0 radical (unpaired) electrons. The highest BCUT2D eigenvalue weighted by molar-refractivity contribution is 4.92. The second-order valence-corrected chi connectivity index (χ2v) is 3.78. The molecule has 0 unspecified atom stereocenters. The van der Waals surface area contributed by atoms with Crippen molar-refractivity contribution in [2.24, 2.45) is 11.8 Å². The van der Waals surface area contributed by atoms with Gasteiger partial charge in [-0.05, 0) is 31.1 Å². The van der Waals surface area contributed by atoms with Crippen molar-refractivity contribution < 1.29 is 5.11 Å². The average Bonchev–Trinajstić information content (AvgIpc) is 2.05. The van der Waals surface area contributed by atoms with Crippen LogP contribution in [-0.2, 0) is 0 Å². The van der Waals surface area contributed by atoms with E-state index in [1.165, 1.54) is 0 Å². The van der Waals surface area contributed by atoms with E-state index in [2.05, 4.69) is 26.0 Å². The highest BCUT2D eigenvalue weighted by Gasteiger charge is 2.21. The Morgan fingerprint density at radius 1 is 1.36 bits per heavy atom. The van der Waals surface area contributed by atoms with E-state index in [0.717, 1.165) is 19.3 Å². The van der Waals surface area contributed by atoms with Crippen LogP contribution in [0.5, 0.6) is 0 Å². The van der Waals surface area contributed by atoms with Gasteiger partial charge in [-0.15, -0.1) is 0 Å². The van der Waals surface area contributed by atoms with E-state index in [9.17, 15) is 5.11 Å². The second-order valence-electron chi connectivity index (χ2n) is 3.78. The van der Waals surface area contributed by atoms with Crippen molar-refractivity contribution in [3.8, 4) is 0 Å². The summed E-state index contributed by atoms with van der Waals surface area (Å²) in [5.74, 6) is 0.923. The maximum Gasteiger partial charge on any atom is 0.0594 e. The van der Waals surface area contributed by atoms with Crippen molar-refractivity contribution >= 4 is 0 Å². The molecule has 0 saturated carbocycles. The second kappa shape index (κ2) is 3.91. The molecule has 11 heavy (non-hydrogen) atoms. The van der Waals surface area contributed by atoms with Crippen LogP contribution in [0.15, 0.2) is 12.2 Å².